The molecule has 1 nitrogen and oxygen atoms in total. The molecule has 3 atom stereocenters. The molecular formula is C28H33N. The van der Waals surface area contributed by atoms with E-state index in [9.17, 15) is 0 Å². The highest BCUT2D eigenvalue weighted by molar-refractivity contribution is 6.01. The van der Waals surface area contributed by atoms with Crippen LogP contribution in [0.4, 0.5) is 0 Å². The molecule has 150 valence electrons. The van der Waals surface area contributed by atoms with Crippen LogP contribution in [0.15, 0.2) is 48.0 Å². The Kier molecular flexibility index (Phi) is 5.34. The first-order valence-corrected chi connectivity index (χ1v) is 11.0. The van der Waals surface area contributed by atoms with Gasteiger partial charge in [-0.2, -0.15) is 0 Å². The van der Waals surface area contributed by atoms with Crippen molar-refractivity contribution in [1.82, 2.24) is 0 Å². The largest absolute Gasteiger partial charge is 0.313 e. The normalized spacial score (nSPS) is 23.8. The standard InChI is InChI=1S/C28H33N/c1-6-23(24-16-22(24)11-12-29)28-25(21-9-7-17(2)8-10-21)15-20(5)27-19(4)13-18(3)14-26(27)28/h6-10,12-14,20,22,24,29H,11,15-16H2,1-5H3/b23-6+,29-12?. The third kappa shape index (κ3) is 3.64. The molecule has 0 spiro atoms. The van der Waals surface area contributed by atoms with Crippen molar-refractivity contribution < 1.29 is 0 Å². The Hall–Kier alpha value is -2.41. The van der Waals surface area contributed by atoms with E-state index in [0.29, 0.717) is 17.8 Å². The summed E-state index contributed by atoms with van der Waals surface area (Å²) >= 11 is 0. The molecular weight excluding hydrogens is 350 g/mol. The molecule has 0 aliphatic heterocycles. The van der Waals surface area contributed by atoms with Crippen LogP contribution in [-0.4, -0.2) is 6.21 Å². The lowest BCUT2D eigenvalue weighted by Crippen LogP contribution is -2.13. The first-order chi connectivity index (χ1) is 13.9. The topological polar surface area (TPSA) is 23.9 Å². The molecule has 0 radical (unpaired) electrons. The van der Waals surface area contributed by atoms with Crippen LogP contribution >= 0.6 is 0 Å². The van der Waals surface area contributed by atoms with E-state index in [-0.39, 0.29) is 0 Å². The third-order valence-corrected chi connectivity index (χ3v) is 6.85. The molecule has 0 aromatic heterocycles. The highest BCUT2D eigenvalue weighted by atomic mass is 14.5. The predicted molar refractivity (Wildman–Crippen MR) is 126 cm³/mol. The smallest absolute Gasteiger partial charge is 0.00448 e. The van der Waals surface area contributed by atoms with Crippen molar-refractivity contribution in [3.05, 3.63) is 81.4 Å². The van der Waals surface area contributed by atoms with Gasteiger partial charge in [-0.25, -0.2) is 0 Å². The van der Waals surface area contributed by atoms with Gasteiger partial charge < -0.3 is 5.41 Å². The Morgan fingerprint density at radius 3 is 2.45 bits per heavy atom. The van der Waals surface area contributed by atoms with Gasteiger partial charge in [0.25, 0.3) is 0 Å². The fraction of sp³-hybridized carbons (Fsp3) is 0.393. The van der Waals surface area contributed by atoms with E-state index in [2.05, 4.69) is 77.1 Å². The van der Waals surface area contributed by atoms with Crippen LogP contribution in [0.5, 0.6) is 0 Å². The molecule has 1 heteroatoms. The zero-order valence-corrected chi connectivity index (χ0v) is 18.5. The molecule has 1 fully saturated rings. The Balaban J connectivity index is 1.95. The van der Waals surface area contributed by atoms with E-state index < -0.39 is 0 Å². The first kappa shape index (κ1) is 19.9. The van der Waals surface area contributed by atoms with Crippen LogP contribution in [0.1, 0.15) is 72.4 Å². The van der Waals surface area contributed by atoms with Crippen molar-refractivity contribution in [3.63, 3.8) is 0 Å². The molecule has 2 aromatic carbocycles. The van der Waals surface area contributed by atoms with Crippen LogP contribution in [0, 0.1) is 38.0 Å². The van der Waals surface area contributed by atoms with Gasteiger partial charge in [-0.05, 0) is 110 Å². The van der Waals surface area contributed by atoms with Crippen molar-refractivity contribution >= 4 is 17.4 Å². The highest BCUT2D eigenvalue weighted by Crippen LogP contribution is 2.55. The second-order valence-corrected chi connectivity index (χ2v) is 9.15. The summed E-state index contributed by atoms with van der Waals surface area (Å²) in [5.41, 5.74) is 12.9. The number of hydrogen-bond donors (Lipinski definition) is 1. The summed E-state index contributed by atoms with van der Waals surface area (Å²) in [4.78, 5) is 0. The number of nitrogens with one attached hydrogen (secondary N) is 1. The minimum absolute atomic E-state index is 0.528. The van der Waals surface area contributed by atoms with Gasteiger partial charge in [-0.15, -0.1) is 0 Å². The fourth-order valence-corrected chi connectivity index (χ4v) is 5.44. The van der Waals surface area contributed by atoms with Crippen molar-refractivity contribution in [2.24, 2.45) is 11.8 Å². The van der Waals surface area contributed by atoms with E-state index in [0.717, 1.165) is 12.8 Å². The minimum Gasteiger partial charge on any atom is -0.313 e. The van der Waals surface area contributed by atoms with Gasteiger partial charge in [0.1, 0.15) is 0 Å². The molecule has 0 heterocycles. The zero-order valence-electron chi connectivity index (χ0n) is 18.5. The van der Waals surface area contributed by atoms with E-state index >= 15 is 0 Å². The summed E-state index contributed by atoms with van der Waals surface area (Å²) in [5, 5.41) is 7.54. The maximum absolute atomic E-state index is 7.54. The molecule has 0 amide bonds. The van der Waals surface area contributed by atoms with Gasteiger partial charge in [0.15, 0.2) is 0 Å². The second kappa shape index (κ2) is 7.78. The summed E-state index contributed by atoms with van der Waals surface area (Å²) in [6, 6.07) is 13.9. The number of hydrogen-bond acceptors (Lipinski definition) is 1. The van der Waals surface area contributed by atoms with Crippen molar-refractivity contribution in [1.29, 1.82) is 5.41 Å². The number of aryl methyl sites for hydroxylation is 3. The van der Waals surface area contributed by atoms with Crippen molar-refractivity contribution in [2.75, 3.05) is 0 Å². The van der Waals surface area contributed by atoms with Crippen LogP contribution in [0.3, 0.4) is 0 Å². The Bertz CT molecular complexity index is 1000. The molecule has 29 heavy (non-hydrogen) atoms. The zero-order chi connectivity index (χ0) is 20.7. The van der Waals surface area contributed by atoms with Gasteiger partial charge in [0, 0.05) is 0 Å². The Labute approximate surface area is 176 Å². The SMILES string of the molecule is C/C=C(/C1=C(c2ccc(C)cc2)CC(C)c2c(C)cc(C)cc21)C1CC1CC=N. The van der Waals surface area contributed by atoms with Gasteiger partial charge >= 0.3 is 0 Å². The number of allylic oxidation sites excluding steroid dienone is 4. The first-order valence-electron chi connectivity index (χ1n) is 11.0. The lowest BCUT2D eigenvalue weighted by Gasteiger charge is -2.32. The summed E-state index contributed by atoms with van der Waals surface area (Å²) in [6.45, 7) is 11.3. The molecule has 2 aliphatic carbocycles. The van der Waals surface area contributed by atoms with Gasteiger partial charge in [-0.1, -0.05) is 60.5 Å². The lowest BCUT2D eigenvalue weighted by molar-refractivity contribution is 0.767. The molecule has 2 aromatic rings. The van der Waals surface area contributed by atoms with Gasteiger partial charge in [-0.3, -0.25) is 0 Å². The quantitative estimate of drug-likeness (QED) is 0.513. The average Bonchev–Trinajstić information content (AvgIpc) is 3.43. The molecule has 1 N–H and O–H groups in total. The summed E-state index contributed by atoms with van der Waals surface area (Å²) < 4.78 is 0. The molecule has 3 unspecified atom stereocenters. The Morgan fingerprint density at radius 1 is 1.07 bits per heavy atom. The van der Waals surface area contributed by atoms with E-state index in [4.69, 9.17) is 5.41 Å². The highest BCUT2D eigenvalue weighted by Gasteiger charge is 2.41. The van der Waals surface area contributed by atoms with Crippen LogP contribution in [0.2, 0.25) is 0 Å². The predicted octanol–water partition coefficient (Wildman–Crippen LogP) is 7.65. The average molecular weight is 384 g/mol. The maximum Gasteiger partial charge on any atom is -0.00448 e. The van der Waals surface area contributed by atoms with E-state index in [1.165, 1.54) is 56.5 Å². The molecule has 0 bridgehead atoms. The molecule has 1 saturated carbocycles. The maximum atomic E-state index is 7.54. The fourth-order valence-electron chi connectivity index (χ4n) is 5.44. The van der Waals surface area contributed by atoms with Gasteiger partial charge in [0.05, 0.1) is 0 Å². The van der Waals surface area contributed by atoms with Crippen LogP contribution < -0.4 is 0 Å². The molecule has 4 rings (SSSR count). The number of rotatable bonds is 5. The summed E-state index contributed by atoms with van der Waals surface area (Å²) in [6.07, 6.45) is 7.17. The summed E-state index contributed by atoms with van der Waals surface area (Å²) in [7, 11) is 0. The van der Waals surface area contributed by atoms with E-state index in [1.54, 1.807) is 6.21 Å². The molecule has 0 saturated heterocycles. The lowest BCUT2D eigenvalue weighted by atomic mass is 9.72. The second-order valence-electron chi connectivity index (χ2n) is 9.15. The van der Waals surface area contributed by atoms with Crippen LogP contribution in [0.25, 0.3) is 11.1 Å². The third-order valence-electron chi connectivity index (χ3n) is 6.85. The minimum atomic E-state index is 0.528. The van der Waals surface area contributed by atoms with Crippen molar-refractivity contribution in [3.8, 4) is 0 Å². The van der Waals surface area contributed by atoms with Gasteiger partial charge in [0.2, 0.25) is 0 Å². The summed E-state index contributed by atoms with van der Waals surface area (Å²) in [5.74, 6) is 1.76. The molecule has 2 aliphatic rings. The van der Waals surface area contributed by atoms with Crippen LogP contribution in [-0.2, 0) is 0 Å². The van der Waals surface area contributed by atoms with Crippen molar-refractivity contribution in [2.45, 2.75) is 59.8 Å². The Morgan fingerprint density at radius 2 is 1.79 bits per heavy atom. The number of fused-ring (bicyclic) bond motifs is 1. The monoisotopic (exact) mass is 383 g/mol. The number of benzene rings is 2. The van der Waals surface area contributed by atoms with E-state index in [1.807, 2.05) is 0 Å².